The van der Waals surface area contributed by atoms with Gasteiger partial charge in [0.1, 0.15) is 0 Å². The van der Waals surface area contributed by atoms with Gasteiger partial charge in [-0.3, -0.25) is 0 Å². The largest absolute Gasteiger partial charge is 0.143 e. The first-order chi connectivity index (χ1) is 8.93. The predicted octanol–water partition coefficient (Wildman–Crippen LogP) is 6.64. The van der Waals surface area contributed by atoms with E-state index in [1.807, 2.05) is 65.8 Å². The number of hydrogen-bond donors (Lipinski definition) is 0. The average molecular weight is 343 g/mol. The quantitative estimate of drug-likeness (QED) is 0.561. The first-order valence-electron chi connectivity index (χ1n) is 5.19. The van der Waals surface area contributed by atoms with Crippen LogP contribution in [0.4, 0.5) is 0 Å². The fourth-order valence-corrected chi connectivity index (χ4v) is 10.6. The first-order valence-corrected chi connectivity index (χ1v) is 11.2. The summed E-state index contributed by atoms with van der Waals surface area (Å²) in [5, 5.41) is 4.31. The lowest BCUT2D eigenvalue weighted by atomic mass is 10.3. The highest BCUT2D eigenvalue weighted by atomic mass is 33.1. The number of thiophene rings is 2. The van der Waals surface area contributed by atoms with Crippen molar-refractivity contribution in [2.45, 2.75) is 0 Å². The van der Waals surface area contributed by atoms with Crippen LogP contribution in [0.15, 0.2) is 44.8 Å². The lowest BCUT2D eigenvalue weighted by Gasteiger charge is -1.98. The Bertz CT molecular complexity index is 574. The Labute approximate surface area is 129 Å². The minimum absolute atomic E-state index is 1.40. The van der Waals surface area contributed by atoms with Crippen LogP contribution in [0.1, 0.15) is 9.75 Å². The molecule has 2 aromatic rings. The molecule has 6 heteroatoms. The van der Waals surface area contributed by atoms with Crippen molar-refractivity contribution < 1.29 is 0 Å². The van der Waals surface area contributed by atoms with Gasteiger partial charge in [0.15, 0.2) is 0 Å². The molecule has 4 rings (SSSR count). The second kappa shape index (κ2) is 5.00. The zero-order valence-electron chi connectivity index (χ0n) is 8.91. The molecule has 0 radical (unpaired) electrons. The van der Waals surface area contributed by atoms with Gasteiger partial charge in [-0.2, -0.15) is 0 Å². The normalized spacial score (nSPS) is 18.9. The van der Waals surface area contributed by atoms with Gasteiger partial charge in [-0.05, 0) is 66.1 Å². The molecule has 0 bridgehead atoms. The summed E-state index contributed by atoms with van der Waals surface area (Å²) in [6, 6.07) is 8.70. The van der Waals surface area contributed by atoms with Crippen LogP contribution in [0, 0.1) is 0 Å². The summed E-state index contributed by atoms with van der Waals surface area (Å²) in [4.78, 5) is 8.65. The van der Waals surface area contributed by atoms with Gasteiger partial charge in [-0.25, -0.2) is 0 Å². The fourth-order valence-electron chi connectivity index (χ4n) is 1.72. The highest BCUT2D eigenvalue weighted by Crippen LogP contribution is 2.69. The van der Waals surface area contributed by atoms with Gasteiger partial charge in [0.25, 0.3) is 0 Å². The van der Waals surface area contributed by atoms with Crippen LogP contribution in [0.2, 0.25) is 0 Å². The van der Waals surface area contributed by atoms with Crippen molar-refractivity contribution in [3.8, 4) is 0 Å². The van der Waals surface area contributed by atoms with E-state index < -0.39 is 0 Å². The van der Waals surface area contributed by atoms with E-state index in [0.29, 0.717) is 0 Å². The van der Waals surface area contributed by atoms with Crippen molar-refractivity contribution in [2.24, 2.45) is 0 Å². The Hall–Kier alpha value is 0.280. The van der Waals surface area contributed by atoms with Gasteiger partial charge < -0.3 is 0 Å². The van der Waals surface area contributed by atoms with Crippen molar-refractivity contribution in [1.29, 1.82) is 0 Å². The maximum absolute atomic E-state index is 2.22. The highest BCUT2D eigenvalue weighted by molar-refractivity contribution is 8.87. The summed E-state index contributed by atoms with van der Waals surface area (Å²) in [6.45, 7) is 0. The molecular formula is C12H6S6. The molecule has 0 spiro atoms. The number of rotatable bonds is 2. The van der Waals surface area contributed by atoms with Gasteiger partial charge in [0, 0.05) is 9.75 Å². The highest BCUT2D eigenvalue weighted by Gasteiger charge is 2.33. The standard InChI is InChI=1S/C12H6S6/c1-3-7(13-5-1)9-11-12(18-15-9)10(16-17-11)8-4-2-6-14-8/h1-6H. The third-order valence-electron chi connectivity index (χ3n) is 2.53. The molecule has 2 aromatic heterocycles. The van der Waals surface area contributed by atoms with Gasteiger partial charge in [0.05, 0.1) is 19.6 Å². The van der Waals surface area contributed by atoms with E-state index in [-0.39, 0.29) is 0 Å². The second-order valence-electron chi connectivity index (χ2n) is 3.60. The molecule has 0 aromatic carbocycles. The number of hydrogen-bond acceptors (Lipinski definition) is 6. The molecule has 0 saturated heterocycles. The molecule has 90 valence electrons. The zero-order chi connectivity index (χ0) is 11.9. The molecule has 0 amide bonds. The van der Waals surface area contributed by atoms with E-state index in [0.717, 1.165) is 0 Å². The van der Waals surface area contributed by atoms with Crippen LogP contribution >= 0.6 is 65.8 Å². The summed E-state index contributed by atoms with van der Waals surface area (Å²) in [5.74, 6) is 0. The molecule has 0 N–H and O–H groups in total. The number of fused-ring (bicyclic) bond motifs is 1. The predicted molar refractivity (Wildman–Crippen MR) is 92.8 cm³/mol. The minimum atomic E-state index is 1.40. The molecule has 0 nitrogen and oxygen atoms in total. The van der Waals surface area contributed by atoms with Crippen molar-refractivity contribution in [3.63, 3.8) is 0 Å². The molecule has 2 aliphatic rings. The van der Waals surface area contributed by atoms with Gasteiger partial charge >= 0.3 is 0 Å². The molecule has 0 fully saturated rings. The molecule has 0 saturated carbocycles. The van der Waals surface area contributed by atoms with Crippen LogP contribution in [-0.2, 0) is 0 Å². The van der Waals surface area contributed by atoms with E-state index in [9.17, 15) is 0 Å². The third-order valence-corrected chi connectivity index (χ3v) is 9.94. The Kier molecular flexibility index (Phi) is 3.34. The molecule has 0 atom stereocenters. The van der Waals surface area contributed by atoms with E-state index in [1.165, 1.54) is 29.4 Å². The average Bonchev–Trinajstić information content (AvgIpc) is 3.14. The van der Waals surface area contributed by atoms with Crippen molar-refractivity contribution in [3.05, 3.63) is 54.6 Å². The second-order valence-corrected chi connectivity index (χ2v) is 9.80. The summed E-state index contributed by atoms with van der Waals surface area (Å²) >= 11 is 3.67. The lowest BCUT2D eigenvalue weighted by molar-refractivity contribution is 1.87. The summed E-state index contributed by atoms with van der Waals surface area (Å²) < 4.78 is 0. The SMILES string of the molecule is c1csc(C2=C3SSC(c4cccs4)=C3SS2)c1. The monoisotopic (exact) mass is 342 g/mol. The zero-order valence-corrected chi connectivity index (χ0v) is 13.8. The van der Waals surface area contributed by atoms with Crippen LogP contribution in [-0.4, -0.2) is 0 Å². The van der Waals surface area contributed by atoms with Crippen LogP contribution in [0.25, 0.3) is 9.81 Å². The third kappa shape index (κ3) is 1.94. The Morgan fingerprint density at radius 1 is 0.556 bits per heavy atom. The molecule has 4 heterocycles. The van der Waals surface area contributed by atoms with Gasteiger partial charge in [0.2, 0.25) is 0 Å². The molecular weight excluding hydrogens is 337 g/mol. The van der Waals surface area contributed by atoms with E-state index in [2.05, 4.69) is 35.0 Å². The van der Waals surface area contributed by atoms with E-state index in [1.54, 1.807) is 0 Å². The maximum atomic E-state index is 2.22. The maximum Gasteiger partial charge on any atom is 0.0515 e. The van der Waals surface area contributed by atoms with Gasteiger partial charge in [-0.15, -0.1) is 22.7 Å². The van der Waals surface area contributed by atoms with E-state index >= 15 is 0 Å². The fraction of sp³-hybridized carbons (Fsp3) is 0. The topological polar surface area (TPSA) is 0 Å². The van der Waals surface area contributed by atoms with E-state index in [4.69, 9.17) is 0 Å². The van der Waals surface area contributed by atoms with Crippen molar-refractivity contribution >= 4 is 75.7 Å². The molecule has 18 heavy (non-hydrogen) atoms. The minimum Gasteiger partial charge on any atom is -0.143 e. The van der Waals surface area contributed by atoms with Crippen LogP contribution in [0.5, 0.6) is 0 Å². The molecule has 2 aliphatic heterocycles. The Morgan fingerprint density at radius 2 is 1.00 bits per heavy atom. The van der Waals surface area contributed by atoms with Crippen molar-refractivity contribution in [2.75, 3.05) is 0 Å². The van der Waals surface area contributed by atoms with Crippen LogP contribution in [0.3, 0.4) is 0 Å². The van der Waals surface area contributed by atoms with Crippen LogP contribution < -0.4 is 0 Å². The first kappa shape index (κ1) is 12.1. The smallest absolute Gasteiger partial charge is 0.0515 e. The lowest BCUT2D eigenvalue weighted by Crippen LogP contribution is -1.74. The molecule has 0 aliphatic carbocycles. The summed E-state index contributed by atoms with van der Waals surface area (Å²) in [6.07, 6.45) is 0. The Morgan fingerprint density at radius 3 is 1.39 bits per heavy atom. The van der Waals surface area contributed by atoms with Crippen molar-refractivity contribution in [1.82, 2.24) is 0 Å². The van der Waals surface area contributed by atoms with Gasteiger partial charge in [-0.1, -0.05) is 12.1 Å². The summed E-state index contributed by atoms with van der Waals surface area (Å²) in [5.41, 5.74) is 0. The Balaban J connectivity index is 1.83. The summed E-state index contributed by atoms with van der Waals surface area (Å²) in [7, 11) is 7.66. The molecule has 0 unspecified atom stereocenters.